The zero-order valence-electron chi connectivity index (χ0n) is 32.7. The molecule has 0 aliphatic carbocycles. The molecule has 3 fully saturated rings. The lowest BCUT2D eigenvalue weighted by Gasteiger charge is -2.38. The van der Waals surface area contributed by atoms with Crippen LogP contribution >= 0.6 is 0 Å². The second kappa shape index (κ2) is 18.1. The smallest absolute Gasteiger partial charge is 0.371 e. The predicted molar refractivity (Wildman–Crippen MR) is 216 cm³/mol. The van der Waals surface area contributed by atoms with E-state index in [0.29, 0.717) is 50.6 Å². The molecular formula is C42H53F3N8O3S. The molecule has 2 N–H and O–H groups in total. The zero-order valence-corrected chi connectivity index (χ0v) is 33.5. The summed E-state index contributed by atoms with van der Waals surface area (Å²) in [7, 11) is 2.36. The molecule has 2 aromatic carbocycles. The summed E-state index contributed by atoms with van der Waals surface area (Å²) in [5.74, 6) is 0.897. The number of anilines is 2. The van der Waals surface area contributed by atoms with Crippen LogP contribution in [0.3, 0.4) is 0 Å². The minimum Gasteiger partial charge on any atom is -0.371 e. The SMILES string of the molecule is CNC(=O)C(CCC=O)c1cn(C)c2cc(C3CCN(CC4CCN(c5cccc(S(=O)N6CCC(Nc7ncc(C(F)(F)F)cn7)CC6)c5)CC4)CC3)ccc12. The lowest BCUT2D eigenvalue weighted by molar-refractivity contribution is -0.138. The Morgan fingerprint density at radius 2 is 1.68 bits per heavy atom. The molecular weight excluding hydrogens is 754 g/mol. The van der Waals surface area contributed by atoms with Gasteiger partial charge in [-0.2, -0.15) is 13.2 Å². The standard InChI is InChI=1S/C42H53F3N8O3S/c1-46-40(55)37(7-4-22-54)38-28-50(2)39-23-31(8-9-36(38)39)30-12-16-51(17-13-30)27-29-10-18-52(19-11-29)34-5-3-6-35(24-34)57(56)53-20-14-33(15-21-53)49-41-47-25-32(26-48-41)42(43,44)45/h3,5-6,8-9,22-26,28-30,33,37H,4,7,10-21,27H2,1-2H3,(H,46,55)(H,47,48,49). The van der Waals surface area contributed by atoms with Gasteiger partial charge >= 0.3 is 6.18 Å². The minimum absolute atomic E-state index is 0.00866. The van der Waals surface area contributed by atoms with E-state index in [-0.39, 0.29) is 23.8 Å². The Kier molecular flexibility index (Phi) is 12.9. The van der Waals surface area contributed by atoms with Crippen molar-refractivity contribution in [2.45, 2.75) is 80.3 Å². The molecule has 2 atom stereocenters. The van der Waals surface area contributed by atoms with Crippen molar-refractivity contribution < 1.29 is 27.0 Å². The van der Waals surface area contributed by atoms with Crippen LogP contribution in [0, 0.1) is 5.92 Å². The molecule has 57 heavy (non-hydrogen) atoms. The van der Waals surface area contributed by atoms with E-state index in [1.165, 1.54) is 5.56 Å². The first-order valence-corrected chi connectivity index (χ1v) is 21.3. The van der Waals surface area contributed by atoms with Crippen molar-refractivity contribution in [3.63, 3.8) is 0 Å². The number of aryl methyl sites for hydroxylation is 1. The van der Waals surface area contributed by atoms with Gasteiger partial charge in [-0.3, -0.25) is 4.79 Å². The van der Waals surface area contributed by atoms with E-state index >= 15 is 0 Å². The molecule has 0 radical (unpaired) electrons. The summed E-state index contributed by atoms with van der Waals surface area (Å²) >= 11 is 0. The minimum atomic E-state index is -4.47. The van der Waals surface area contributed by atoms with Crippen molar-refractivity contribution in [2.24, 2.45) is 13.0 Å². The number of amides is 1. The van der Waals surface area contributed by atoms with Crippen molar-refractivity contribution in [1.82, 2.24) is 29.1 Å². The molecule has 2 aromatic heterocycles. The van der Waals surface area contributed by atoms with Crippen molar-refractivity contribution in [3.8, 4) is 0 Å². The number of nitrogens with zero attached hydrogens (tertiary/aromatic N) is 6. The topological polar surface area (TPSA) is 116 Å². The van der Waals surface area contributed by atoms with E-state index in [0.717, 1.165) is 104 Å². The number of rotatable bonds is 13. The monoisotopic (exact) mass is 806 g/mol. The lowest BCUT2D eigenvalue weighted by atomic mass is 9.87. The molecule has 5 heterocycles. The Morgan fingerprint density at radius 3 is 2.35 bits per heavy atom. The van der Waals surface area contributed by atoms with Gasteiger partial charge < -0.3 is 29.8 Å². The first kappa shape index (κ1) is 40.8. The highest BCUT2D eigenvalue weighted by Crippen LogP contribution is 2.36. The molecule has 2 unspecified atom stereocenters. The second-order valence-corrected chi connectivity index (χ2v) is 17.3. The molecule has 11 nitrogen and oxygen atoms in total. The van der Waals surface area contributed by atoms with Gasteiger partial charge in [-0.25, -0.2) is 18.5 Å². The summed E-state index contributed by atoms with van der Waals surface area (Å²) in [6.45, 7) is 6.38. The van der Waals surface area contributed by atoms with Crippen LogP contribution in [0.15, 0.2) is 66.0 Å². The van der Waals surface area contributed by atoms with Gasteiger partial charge in [0.25, 0.3) is 0 Å². The Hall–Kier alpha value is -4.34. The van der Waals surface area contributed by atoms with Gasteiger partial charge in [0, 0.05) is 94.5 Å². The molecule has 306 valence electrons. The first-order chi connectivity index (χ1) is 27.5. The molecule has 0 saturated carbocycles. The molecule has 15 heteroatoms. The molecule has 1 amide bonds. The second-order valence-electron chi connectivity index (χ2n) is 15.8. The normalized spacial score (nSPS) is 19.4. The molecule has 7 rings (SSSR count). The third kappa shape index (κ3) is 9.69. The van der Waals surface area contributed by atoms with Gasteiger partial charge in [0.1, 0.15) is 17.3 Å². The quantitative estimate of drug-likeness (QED) is 0.148. The van der Waals surface area contributed by atoms with Gasteiger partial charge in [0.05, 0.1) is 16.4 Å². The lowest BCUT2D eigenvalue weighted by Crippen LogP contribution is -2.41. The number of likely N-dealkylation sites (N-methyl/N-ethyl adjacent to an activating group) is 1. The highest BCUT2D eigenvalue weighted by Gasteiger charge is 2.32. The highest BCUT2D eigenvalue weighted by molar-refractivity contribution is 7.82. The summed E-state index contributed by atoms with van der Waals surface area (Å²) in [4.78, 5) is 37.3. The summed E-state index contributed by atoms with van der Waals surface area (Å²) in [5, 5.41) is 6.98. The number of halogens is 3. The number of hydrogen-bond donors (Lipinski definition) is 2. The van der Waals surface area contributed by atoms with Gasteiger partial charge in [-0.15, -0.1) is 0 Å². The number of carbonyl (C=O) groups is 2. The van der Waals surface area contributed by atoms with Crippen LogP contribution in [0.25, 0.3) is 10.9 Å². The molecule has 0 spiro atoms. The largest absolute Gasteiger partial charge is 0.419 e. The van der Waals surface area contributed by atoms with Crippen LogP contribution in [0.2, 0.25) is 0 Å². The first-order valence-electron chi connectivity index (χ1n) is 20.1. The fourth-order valence-electron chi connectivity index (χ4n) is 8.82. The number of benzene rings is 2. The number of nitrogens with one attached hydrogen (secondary N) is 2. The maximum Gasteiger partial charge on any atom is 0.419 e. The third-order valence-electron chi connectivity index (χ3n) is 12.1. The van der Waals surface area contributed by atoms with E-state index < -0.39 is 22.7 Å². The molecule has 3 aliphatic rings. The average Bonchev–Trinajstić information content (AvgIpc) is 3.56. The Morgan fingerprint density at radius 1 is 0.965 bits per heavy atom. The van der Waals surface area contributed by atoms with Crippen LogP contribution < -0.4 is 15.5 Å². The number of likely N-dealkylation sites (tertiary alicyclic amines) is 1. The Balaban J connectivity index is 0.860. The van der Waals surface area contributed by atoms with E-state index in [1.54, 1.807) is 7.05 Å². The maximum atomic E-state index is 13.6. The number of piperidine rings is 3. The van der Waals surface area contributed by atoms with Crippen molar-refractivity contribution in [1.29, 1.82) is 0 Å². The van der Waals surface area contributed by atoms with Gasteiger partial charge in [-0.1, -0.05) is 18.2 Å². The van der Waals surface area contributed by atoms with Crippen molar-refractivity contribution in [3.05, 3.63) is 77.7 Å². The molecule has 3 saturated heterocycles. The van der Waals surface area contributed by atoms with Crippen LogP contribution in [0.1, 0.15) is 79.9 Å². The number of fused-ring (bicyclic) bond motifs is 1. The highest BCUT2D eigenvalue weighted by atomic mass is 32.2. The van der Waals surface area contributed by atoms with Gasteiger partial charge in [0.15, 0.2) is 0 Å². The number of alkyl halides is 3. The van der Waals surface area contributed by atoms with E-state index in [2.05, 4.69) is 65.3 Å². The summed E-state index contributed by atoms with van der Waals surface area (Å²) in [6, 6.07) is 14.8. The summed E-state index contributed by atoms with van der Waals surface area (Å²) < 4.78 is 56.2. The van der Waals surface area contributed by atoms with Crippen LogP contribution in [-0.2, 0) is 33.8 Å². The third-order valence-corrected chi connectivity index (χ3v) is 13.6. The molecule has 3 aliphatic heterocycles. The summed E-state index contributed by atoms with van der Waals surface area (Å²) in [5.41, 5.74) is 3.67. The van der Waals surface area contributed by atoms with Gasteiger partial charge in [0.2, 0.25) is 11.9 Å². The zero-order chi connectivity index (χ0) is 40.1. The fraction of sp³-hybridized carbons (Fsp3) is 0.524. The summed E-state index contributed by atoms with van der Waals surface area (Å²) in [6.07, 6.45) is 6.71. The fourth-order valence-corrected chi connectivity index (χ4v) is 10.1. The number of carbonyl (C=O) groups excluding carboxylic acids is 2. The Labute approximate surface area is 335 Å². The number of hydrogen-bond acceptors (Lipinski definition) is 8. The number of aromatic nitrogens is 3. The van der Waals surface area contributed by atoms with Gasteiger partial charge in [-0.05, 0) is 105 Å². The van der Waals surface area contributed by atoms with Crippen molar-refractivity contribution >= 4 is 45.7 Å². The number of aldehydes is 1. The van der Waals surface area contributed by atoms with E-state index in [4.69, 9.17) is 0 Å². The molecule has 0 bridgehead atoms. The predicted octanol–water partition coefficient (Wildman–Crippen LogP) is 6.49. The van der Waals surface area contributed by atoms with E-state index in [9.17, 15) is 27.0 Å². The average molecular weight is 807 g/mol. The maximum absolute atomic E-state index is 13.6. The van der Waals surface area contributed by atoms with Crippen LogP contribution in [0.5, 0.6) is 0 Å². The van der Waals surface area contributed by atoms with E-state index in [1.807, 2.05) is 29.7 Å². The Bertz CT molecular complexity index is 2020. The molecule has 4 aromatic rings. The van der Waals surface area contributed by atoms with Crippen LogP contribution in [0.4, 0.5) is 24.8 Å². The van der Waals surface area contributed by atoms with Crippen LogP contribution in [-0.4, -0.2) is 99.0 Å². The van der Waals surface area contributed by atoms with Crippen molar-refractivity contribution in [2.75, 3.05) is 63.1 Å².